The van der Waals surface area contributed by atoms with E-state index in [4.69, 9.17) is 9.47 Å². The van der Waals surface area contributed by atoms with Crippen molar-refractivity contribution in [2.75, 3.05) is 50.8 Å². The largest absolute Gasteiger partial charge is 0.491 e. The minimum Gasteiger partial charge on any atom is -0.491 e. The molecule has 0 spiro atoms. The zero-order valence-electron chi connectivity index (χ0n) is 23.9. The van der Waals surface area contributed by atoms with Crippen molar-refractivity contribution in [1.82, 2.24) is 9.47 Å². The average Bonchev–Trinajstić information content (AvgIpc) is 3.24. The van der Waals surface area contributed by atoms with E-state index in [1.54, 1.807) is 0 Å². The lowest BCUT2D eigenvalue weighted by Crippen LogP contribution is -2.49. The van der Waals surface area contributed by atoms with Crippen molar-refractivity contribution in [3.05, 3.63) is 89.1 Å². The van der Waals surface area contributed by atoms with Gasteiger partial charge < -0.3 is 24.0 Å². The Kier molecular flexibility index (Phi) is 8.43. The first-order valence-electron chi connectivity index (χ1n) is 14.1. The normalized spacial score (nSPS) is 14.9. The summed E-state index contributed by atoms with van der Waals surface area (Å²) < 4.78 is 13.5. The molecule has 4 aromatic rings. The number of aliphatic hydroxyl groups is 1. The Morgan fingerprint density at radius 2 is 1.50 bits per heavy atom. The molecule has 1 fully saturated rings. The molecule has 3 aromatic carbocycles. The van der Waals surface area contributed by atoms with Gasteiger partial charge in [-0.05, 0) is 70.2 Å². The first-order chi connectivity index (χ1) is 19.3. The zero-order chi connectivity index (χ0) is 28.2. The van der Waals surface area contributed by atoms with Gasteiger partial charge in [-0.1, -0.05) is 35.4 Å². The van der Waals surface area contributed by atoms with Gasteiger partial charge in [0, 0.05) is 55.2 Å². The second-order valence-corrected chi connectivity index (χ2v) is 10.6. The van der Waals surface area contributed by atoms with Crippen LogP contribution in [0.1, 0.15) is 34.1 Å². The SMILES string of the molecule is CCOC(=O)c1c(C)n(-c2ccc(C)cc2)c2ccc(OC[C@H](O)CN3CCN(c4ccc(C)cc4)CC3)cc12. The smallest absolute Gasteiger partial charge is 0.340 e. The molecule has 1 aliphatic rings. The van der Waals surface area contributed by atoms with Crippen LogP contribution in [0.5, 0.6) is 5.75 Å². The molecule has 0 saturated carbocycles. The number of fused-ring (bicyclic) bond motifs is 1. The average molecular weight is 542 g/mol. The number of esters is 1. The van der Waals surface area contributed by atoms with E-state index in [2.05, 4.69) is 76.7 Å². The van der Waals surface area contributed by atoms with Crippen molar-refractivity contribution in [1.29, 1.82) is 0 Å². The Balaban J connectivity index is 1.26. The summed E-state index contributed by atoms with van der Waals surface area (Å²) in [6.07, 6.45) is -0.620. The van der Waals surface area contributed by atoms with E-state index in [0.29, 0.717) is 24.5 Å². The Labute approximate surface area is 236 Å². The van der Waals surface area contributed by atoms with Crippen LogP contribution in [0.25, 0.3) is 16.6 Å². The maximum Gasteiger partial charge on any atom is 0.340 e. The standard InChI is InChI=1S/C33H39N3O4/c1-5-39-33(38)32-25(4)36(27-12-8-24(3)9-13-27)31-15-14-29(20-30(31)32)40-22-28(37)21-34-16-18-35(19-17-34)26-10-6-23(2)7-11-26/h6-15,20,28,37H,5,16-19,21-22H2,1-4H3/t28-/m1/s1. The number of carbonyl (C=O) groups excluding carboxylic acids is 1. The predicted octanol–water partition coefficient (Wildman–Crippen LogP) is 5.29. The van der Waals surface area contributed by atoms with Crippen molar-refractivity contribution < 1.29 is 19.4 Å². The van der Waals surface area contributed by atoms with Gasteiger partial charge in [-0.25, -0.2) is 4.79 Å². The highest BCUT2D eigenvalue weighted by Crippen LogP contribution is 2.33. The van der Waals surface area contributed by atoms with Gasteiger partial charge in [0.1, 0.15) is 18.5 Å². The highest BCUT2D eigenvalue weighted by molar-refractivity contribution is 6.07. The molecular formula is C33H39N3O4. The molecule has 0 unspecified atom stereocenters. The van der Waals surface area contributed by atoms with E-state index in [0.717, 1.165) is 48.5 Å². The summed E-state index contributed by atoms with van der Waals surface area (Å²) in [6, 6.07) is 22.6. The monoisotopic (exact) mass is 541 g/mol. The Morgan fingerprint density at radius 3 is 2.12 bits per heavy atom. The first-order valence-corrected chi connectivity index (χ1v) is 14.1. The van der Waals surface area contributed by atoms with Crippen LogP contribution in [-0.4, -0.2) is 72.6 Å². The minimum absolute atomic E-state index is 0.177. The molecule has 5 rings (SSSR count). The molecule has 1 aromatic heterocycles. The van der Waals surface area contributed by atoms with Crippen LogP contribution in [0.4, 0.5) is 5.69 Å². The number of aliphatic hydroxyl groups excluding tert-OH is 1. The van der Waals surface area contributed by atoms with E-state index in [1.807, 2.05) is 32.0 Å². The maximum atomic E-state index is 13.0. The molecular weight excluding hydrogens is 502 g/mol. The summed E-state index contributed by atoms with van der Waals surface area (Å²) in [4.78, 5) is 17.7. The molecule has 0 radical (unpaired) electrons. The third-order valence-electron chi connectivity index (χ3n) is 7.63. The molecule has 2 heterocycles. The number of aromatic nitrogens is 1. The molecule has 7 nitrogen and oxygen atoms in total. The van der Waals surface area contributed by atoms with E-state index in [9.17, 15) is 9.90 Å². The summed E-state index contributed by atoms with van der Waals surface area (Å²) >= 11 is 0. The number of piperazine rings is 1. The van der Waals surface area contributed by atoms with Crippen molar-refractivity contribution in [3.8, 4) is 11.4 Å². The van der Waals surface area contributed by atoms with Crippen molar-refractivity contribution in [3.63, 3.8) is 0 Å². The molecule has 40 heavy (non-hydrogen) atoms. The number of nitrogens with zero attached hydrogens (tertiary/aromatic N) is 3. The summed E-state index contributed by atoms with van der Waals surface area (Å²) in [5.41, 5.74) is 6.93. The van der Waals surface area contributed by atoms with E-state index >= 15 is 0 Å². The number of carbonyl (C=O) groups is 1. The fraction of sp³-hybridized carbons (Fsp3) is 0.364. The fourth-order valence-corrected chi connectivity index (χ4v) is 5.46. The van der Waals surface area contributed by atoms with Crippen molar-refractivity contribution in [2.45, 2.75) is 33.8 Å². The number of benzene rings is 3. The predicted molar refractivity (Wildman–Crippen MR) is 160 cm³/mol. The van der Waals surface area contributed by atoms with Gasteiger partial charge in [0.2, 0.25) is 0 Å². The third-order valence-corrected chi connectivity index (χ3v) is 7.63. The molecule has 1 atom stereocenters. The second-order valence-electron chi connectivity index (χ2n) is 10.6. The number of ether oxygens (including phenoxy) is 2. The number of anilines is 1. The van der Waals surface area contributed by atoms with Crippen LogP contribution in [-0.2, 0) is 4.74 Å². The van der Waals surface area contributed by atoms with Gasteiger partial charge in [0.05, 0.1) is 17.7 Å². The molecule has 1 N–H and O–H groups in total. The Bertz CT molecular complexity index is 1450. The molecule has 0 aliphatic carbocycles. The van der Waals surface area contributed by atoms with Crippen LogP contribution in [0.3, 0.4) is 0 Å². The van der Waals surface area contributed by atoms with Gasteiger partial charge in [-0.3, -0.25) is 4.90 Å². The van der Waals surface area contributed by atoms with Gasteiger partial charge in [0.25, 0.3) is 0 Å². The number of β-amino-alcohol motifs (C(OH)–C–C–N with tert-alkyl or cyclic N) is 1. The number of hydrogen-bond acceptors (Lipinski definition) is 6. The van der Waals surface area contributed by atoms with Gasteiger partial charge >= 0.3 is 5.97 Å². The summed E-state index contributed by atoms with van der Waals surface area (Å²) in [7, 11) is 0. The minimum atomic E-state index is -0.620. The topological polar surface area (TPSA) is 67.2 Å². The lowest BCUT2D eigenvalue weighted by atomic mass is 10.1. The molecule has 1 saturated heterocycles. The van der Waals surface area contributed by atoms with Crippen molar-refractivity contribution in [2.24, 2.45) is 0 Å². The molecule has 0 bridgehead atoms. The lowest BCUT2D eigenvalue weighted by Gasteiger charge is -2.36. The summed E-state index contributed by atoms with van der Waals surface area (Å²) in [5, 5.41) is 11.5. The van der Waals surface area contributed by atoms with Gasteiger partial charge in [-0.15, -0.1) is 0 Å². The number of rotatable bonds is 9. The highest BCUT2D eigenvalue weighted by atomic mass is 16.5. The number of aryl methyl sites for hydroxylation is 2. The van der Waals surface area contributed by atoms with Crippen LogP contribution in [0.2, 0.25) is 0 Å². The number of hydrogen-bond donors (Lipinski definition) is 1. The van der Waals surface area contributed by atoms with Crippen LogP contribution < -0.4 is 9.64 Å². The van der Waals surface area contributed by atoms with Crippen LogP contribution >= 0.6 is 0 Å². The van der Waals surface area contributed by atoms with E-state index < -0.39 is 6.10 Å². The quantitative estimate of drug-likeness (QED) is 0.290. The molecule has 210 valence electrons. The van der Waals surface area contributed by atoms with Gasteiger partial charge in [-0.2, -0.15) is 0 Å². The van der Waals surface area contributed by atoms with Crippen molar-refractivity contribution >= 4 is 22.6 Å². The second kappa shape index (κ2) is 12.1. The van der Waals surface area contributed by atoms with E-state index in [1.165, 1.54) is 16.8 Å². The highest BCUT2D eigenvalue weighted by Gasteiger charge is 2.23. The first kappa shape index (κ1) is 27.7. The molecule has 7 heteroatoms. The van der Waals surface area contributed by atoms with Crippen LogP contribution in [0, 0.1) is 20.8 Å². The maximum absolute atomic E-state index is 13.0. The molecule has 0 amide bonds. The summed E-state index contributed by atoms with van der Waals surface area (Å²) in [5.74, 6) is 0.264. The van der Waals surface area contributed by atoms with Gasteiger partial charge in [0.15, 0.2) is 0 Å². The van der Waals surface area contributed by atoms with E-state index in [-0.39, 0.29) is 12.6 Å². The fourth-order valence-electron chi connectivity index (χ4n) is 5.46. The lowest BCUT2D eigenvalue weighted by molar-refractivity contribution is 0.0527. The molecule has 1 aliphatic heterocycles. The van der Waals surface area contributed by atoms with Crippen LogP contribution in [0.15, 0.2) is 66.7 Å². The zero-order valence-corrected chi connectivity index (χ0v) is 23.9. The summed E-state index contributed by atoms with van der Waals surface area (Å²) in [6.45, 7) is 12.6. The Hall–Kier alpha value is -3.81. The third kappa shape index (κ3) is 6.01. The Morgan fingerprint density at radius 1 is 0.875 bits per heavy atom.